The number of aryl methyl sites for hydroxylation is 1. The molecule has 1 heterocycles. The van der Waals surface area contributed by atoms with Crippen molar-refractivity contribution >= 4 is 28.1 Å². The molecule has 1 rings (SSSR count). The first kappa shape index (κ1) is 13.2. The molecule has 0 saturated carbocycles. The maximum atomic E-state index is 11.4. The Kier molecular flexibility index (Phi) is 4.95. The smallest absolute Gasteiger partial charge is 0.287 e. The van der Waals surface area contributed by atoms with Crippen molar-refractivity contribution < 1.29 is 4.21 Å². The summed E-state index contributed by atoms with van der Waals surface area (Å²) < 4.78 is 12.3. The lowest BCUT2D eigenvalue weighted by Gasteiger charge is -2.07. The zero-order chi connectivity index (χ0) is 12.1. The van der Waals surface area contributed by atoms with E-state index in [-0.39, 0.29) is 10.6 Å². The summed E-state index contributed by atoms with van der Waals surface area (Å²) in [5.41, 5.74) is 0.140. The van der Waals surface area contributed by atoms with E-state index in [0.29, 0.717) is 23.7 Å². The molecule has 1 aromatic heterocycles. The van der Waals surface area contributed by atoms with Gasteiger partial charge in [-0.05, 0) is 0 Å². The van der Waals surface area contributed by atoms with E-state index in [2.05, 4.69) is 10.4 Å². The van der Waals surface area contributed by atoms with Crippen molar-refractivity contribution in [2.75, 3.05) is 23.4 Å². The highest BCUT2D eigenvalue weighted by Crippen LogP contribution is 2.14. The lowest BCUT2D eigenvalue weighted by atomic mass is 10.4. The third-order valence-corrected chi connectivity index (χ3v) is 3.71. The van der Waals surface area contributed by atoms with E-state index >= 15 is 0 Å². The Hall–Kier alpha value is -0.880. The molecular weight excluding hydrogens is 250 g/mol. The molecule has 16 heavy (non-hydrogen) atoms. The van der Waals surface area contributed by atoms with Crippen LogP contribution >= 0.6 is 11.6 Å². The van der Waals surface area contributed by atoms with Crippen LogP contribution in [-0.4, -0.2) is 32.0 Å². The molecule has 0 aliphatic heterocycles. The van der Waals surface area contributed by atoms with E-state index in [1.54, 1.807) is 0 Å². The van der Waals surface area contributed by atoms with Gasteiger partial charge in [-0.15, -0.1) is 0 Å². The number of rotatable bonds is 5. The highest BCUT2D eigenvalue weighted by atomic mass is 35.5. The minimum atomic E-state index is -0.826. The summed E-state index contributed by atoms with van der Waals surface area (Å²) >= 11 is 5.84. The number of aromatic nitrogens is 2. The van der Waals surface area contributed by atoms with Crippen molar-refractivity contribution in [2.45, 2.75) is 6.92 Å². The van der Waals surface area contributed by atoms with Gasteiger partial charge in [0.15, 0.2) is 0 Å². The van der Waals surface area contributed by atoms with Crippen LogP contribution in [0.4, 0.5) is 5.69 Å². The van der Waals surface area contributed by atoms with Crippen LogP contribution in [0.2, 0.25) is 5.02 Å². The first-order valence-corrected chi connectivity index (χ1v) is 6.73. The fourth-order valence-electron chi connectivity index (χ4n) is 1.08. The van der Waals surface area contributed by atoms with Gasteiger partial charge in [0.2, 0.25) is 0 Å². The molecule has 0 bridgehead atoms. The fraction of sp³-hybridized carbons (Fsp3) is 0.556. The van der Waals surface area contributed by atoms with E-state index in [1.807, 2.05) is 6.92 Å². The average molecular weight is 264 g/mol. The van der Waals surface area contributed by atoms with Crippen LogP contribution in [0, 0.1) is 0 Å². The van der Waals surface area contributed by atoms with E-state index in [9.17, 15) is 9.00 Å². The van der Waals surface area contributed by atoms with Gasteiger partial charge in [-0.2, -0.15) is 5.10 Å². The molecule has 0 aliphatic rings. The van der Waals surface area contributed by atoms with Gasteiger partial charge in [0, 0.05) is 35.9 Å². The topological polar surface area (TPSA) is 64.0 Å². The largest absolute Gasteiger partial charge is 0.381 e. The van der Waals surface area contributed by atoms with Gasteiger partial charge in [-0.1, -0.05) is 18.5 Å². The molecule has 1 aromatic rings. The van der Waals surface area contributed by atoms with Crippen molar-refractivity contribution in [2.24, 2.45) is 7.05 Å². The summed E-state index contributed by atoms with van der Waals surface area (Å²) in [4.78, 5) is 11.4. The van der Waals surface area contributed by atoms with Gasteiger partial charge in [0.25, 0.3) is 5.56 Å². The third kappa shape index (κ3) is 3.31. The molecule has 0 amide bonds. The number of hydrogen-bond acceptors (Lipinski definition) is 4. The molecule has 0 spiro atoms. The van der Waals surface area contributed by atoms with Gasteiger partial charge in [0.05, 0.1) is 11.9 Å². The Labute approximate surface area is 101 Å². The van der Waals surface area contributed by atoms with Crippen LogP contribution in [0.25, 0.3) is 0 Å². The lowest BCUT2D eigenvalue weighted by Crippen LogP contribution is -2.22. The molecule has 0 fully saturated rings. The molecule has 0 radical (unpaired) electrons. The summed E-state index contributed by atoms with van der Waals surface area (Å²) in [6.45, 7) is 2.37. The molecule has 1 atom stereocenters. The van der Waals surface area contributed by atoms with Crippen molar-refractivity contribution in [1.82, 2.24) is 9.78 Å². The highest BCUT2D eigenvalue weighted by molar-refractivity contribution is 7.84. The standard InChI is InChI=1S/C9H14ClN3O2S/c1-3-16(15)5-4-11-7-6-12-13(2)9(14)8(7)10/h6,11H,3-5H2,1-2H3. The Morgan fingerprint density at radius 3 is 2.94 bits per heavy atom. The van der Waals surface area contributed by atoms with E-state index in [1.165, 1.54) is 13.2 Å². The molecule has 5 nitrogen and oxygen atoms in total. The zero-order valence-corrected chi connectivity index (χ0v) is 10.8. The van der Waals surface area contributed by atoms with E-state index < -0.39 is 10.8 Å². The minimum Gasteiger partial charge on any atom is -0.381 e. The summed E-state index contributed by atoms with van der Waals surface area (Å²) in [5.74, 6) is 1.16. The summed E-state index contributed by atoms with van der Waals surface area (Å²) in [7, 11) is 0.706. The van der Waals surface area contributed by atoms with Gasteiger partial charge in [-0.25, -0.2) is 4.68 Å². The molecule has 7 heteroatoms. The summed E-state index contributed by atoms with van der Waals surface area (Å²) in [5, 5.41) is 6.90. The highest BCUT2D eigenvalue weighted by Gasteiger charge is 2.06. The van der Waals surface area contributed by atoms with Gasteiger partial charge >= 0.3 is 0 Å². The van der Waals surface area contributed by atoms with Crippen LogP contribution in [0.3, 0.4) is 0 Å². The van der Waals surface area contributed by atoms with Crippen LogP contribution < -0.4 is 10.9 Å². The lowest BCUT2D eigenvalue weighted by molar-refractivity contribution is 0.684. The quantitative estimate of drug-likeness (QED) is 0.846. The molecule has 1 N–H and O–H groups in total. The Balaban J connectivity index is 2.65. The van der Waals surface area contributed by atoms with Crippen LogP contribution in [-0.2, 0) is 17.8 Å². The second-order valence-corrected chi connectivity index (χ2v) is 5.40. The van der Waals surface area contributed by atoms with Crippen molar-refractivity contribution in [3.05, 3.63) is 21.6 Å². The van der Waals surface area contributed by atoms with E-state index in [0.717, 1.165) is 4.68 Å². The molecule has 0 aromatic carbocycles. The minimum absolute atomic E-state index is 0.111. The maximum absolute atomic E-state index is 11.4. The van der Waals surface area contributed by atoms with Gasteiger partial charge in [0.1, 0.15) is 5.02 Å². The second-order valence-electron chi connectivity index (χ2n) is 3.16. The molecule has 0 saturated heterocycles. The number of hydrogen-bond donors (Lipinski definition) is 1. The van der Waals surface area contributed by atoms with Crippen molar-refractivity contribution in [1.29, 1.82) is 0 Å². The number of anilines is 1. The average Bonchev–Trinajstić information content (AvgIpc) is 2.29. The maximum Gasteiger partial charge on any atom is 0.287 e. The number of halogens is 1. The Morgan fingerprint density at radius 1 is 1.62 bits per heavy atom. The predicted octanol–water partition coefficient (Wildman–Crippen LogP) is 0.614. The van der Waals surface area contributed by atoms with Crippen LogP contribution in [0.15, 0.2) is 11.0 Å². The van der Waals surface area contributed by atoms with Gasteiger partial charge < -0.3 is 5.32 Å². The Bertz CT molecular complexity index is 447. The first-order chi connectivity index (χ1) is 7.56. The predicted molar refractivity (Wildman–Crippen MR) is 66.5 cm³/mol. The molecular formula is C9H14ClN3O2S. The molecule has 90 valence electrons. The zero-order valence-electron chi connectivity index (χ0n) is 9.20. The summed E-state index contributed by atoms with van der Waals surface area (Å²) in [6, 6.07) is 0. The fourth-order valence-corrected chi connectivity index (χ4v) is 1.93. The molecule has 0 aliphatic carbocycles. The van der Waals surface area contributed by atoms with Crippen LogP contribution in [0.5, 0.6) is 0 Å². The normalized spacial score (nSPS) is 12.4. The van der Waals surface area contributed by atoms with E-state index in [4.69, 9.17) is 11.6 Å². The summed E-state index contributed by atoms with van der Waals surface area (Å²) in [6.07, 6.45) is 1.48. The van der Waals surface area contributed by atoms with Crippen molar-refractivity contribution in [3.8, 4) is 0 Å². The molecule has 1 unspecified atom stereocenters. The van der Waals surface area contributed by atoms with Crippen LogP contribution in [0.1, 0.15) is 6.92 Å². The first-order valence-electron chi connectivity index (χ1n) is 4.87. The second kappa shape index (κ2) is 6.00. The third-order valence-electron chi connectivity index (χ3n) is 2.05. The van der Waals surface area contributed by atoms with Gasteiger partial charge in [-0.3, -0.25) is 9.00 Å². The SMILES string of the molecule is CCS(=O)CCNc1cnn(C)c(=O)c1Cl. The number of nitrogens with zero attached hydrogens (tertiary/aromatic N) is 2. The van der Waals surface area contributed by atoms with Crippen molar-refractivity contribution in [3.63, 3.8) is 0 Å². The monoisotopic (exact) mass is 263 g/mol. The number of nitrogens with one attached hydrogen (secondary N) is 1. The Morgan fingerprint density at radius 2 is 2.31 bits per heavy atom.